The Kier molecular flexibility index (Phi) is 5.55. The average Bonchev–Trinajstić information content (AvgIpc) is 2.39. The summed E-state index contributed by atoms with van der Waals surface area (Å²) in [5.41, 5.74) is 1.92. The van der Waals surface area contributed by atoms with Gasteiger partial charge in [-0.15, -0.1) is 0 Å². The maximum Gasteiger partial charge on any atom is 0.325 e. The van der Waals surface area contributed by atoms with Crippen LogP contribution in [0.3, 0.4) is 0 Å². The predicted molar refractivity (Wildman–Crippen MR) is 78.0 cm³/mol. The van der Waals surface area contributed by atoms with Crippen molar-refractivity contribution in [1.82, 2.24) is 4.90 Å². The van der Waals surface area contributed by atoms with Crippen LogP contribution in [0.15, 0.2) is 24.3 Å². The molecule has 0 unspecified atom stereocenters. The molecule has 0 aromatic heterocycles. The van der Waals surface area contributed by atoms with Crippen LogP contribution in [0.5, 0.6) is 0 Å². The molecule has 1 aromatic carbocycles. The first-order valence-electron chi connectivity index (χ1n) is 6.88. The summed E-state index contributed by atoms with van der Waals surface area (Å²) in [6.07, 6.45) is 1.05. The number of aryl methyl sites for hydroxylation is 1. The first kappa shape index (κ1) is 15.7. The zero-order valence-electron chi connectivity index (χ0n) is 12.7. The van der Waals surface area contributed by atoms with Crippen LogP contribution in [-0.4, -0.2) is 30.1 Å². The van der Waals surface area contributed by atoms with Gasteiger partial charge in [0.15, 0.2) is 0 Å². The summed E-state index contributed by atoms with van der Waals surface area (Å²) < 4.78 is 5.12. The third-order valence-corrected chi connectivity index (χ3v) is 3.58. The summed E-state index contributed by atoms with van der Waals surface area (Å²) in [7, 11) is 1.95. The van der Waals surface area contributed by atoms with Crippen LogP contribution in [0.25, 0.3) is 0 Å². The van der Waals surface area contributed by atoms with Gasteiger partial charge in [-0.3, -0.25) is 9.69 Å². The summed E-state index contributed by atoms with van der Waals surface area (Å²) in [5.74, 6) is -0.178. The number of ether oxygens (including phenoxy) is 1. The van der Waals surface area contributed by atoms with E-state index in [2.05, 4.69) is 31.2 Å². The Morgan fingerprint density at radius 2 is 1.68 bits per heavy atom. The molecule has 19 heavy (non-hydrogen) atoms. The fourth-order valence-corrected chi connectivity index (χ4v) is 1.82. The Bertz CT molecular complexity index is 409. The lowest BCUT2D eigenvalue weighted by atomic mass is 10.0. The van der Waals surface area contributed by atoms with Gasteiger partial charge in [-0.1, -0.05) is 31.2 Å². The van der Waals surface area contributed by atoms with Crippen LogP contribution < -0.4 is 0 Å². The molecule has 0 atom stereocenters. The highest BCUT2D eigenvalue weighted by Gasteiger charge is 2.33. The Labute approximate surface area is 116 Å². The van der Waals surface area contributed by atoms with E-state index in [1.807, 2.05) is 32.7 Å². The van der Waals surface area contributed by atoms with E-state index in [-0.39, 0.29) is 5.97 Å². The first-order chi connectivity index (χ1) is 8.91. The highest BCUT2D eigenvalue weighted by molar-refractivity contribution is 5.79. The van der Waals surface area contributed by atoms with Crippen LogP contribution in [0.1, 0.15) is 38.8 Å². The minimum absolute atomic E-state index is 0.178. The van der Waals surface area contributed by atoms with E-state index < -0.39 is 5.54 Å². The van der Waals surface area contributed by atoms with Crippen molar-refractivity contribution in [1.29, 1.82) is 0 Å². The zero-order valence-corrected chi connectivity index (χ0v) is 12.7. The minimum Gasteiger partial charge on any atom is -0.465 e. The second-order valence-electron chi connectivity index (χ2n) is 5.31. The van der Waals surface area contributed by atoms with Crippen molar-refractivity contribution in [3.63, 3.8) is 0 Å². The number of nitrogens with zero attached hydrogens (tertiary/aromatic N) is 1. The zero-order chi connectivity index (χ0) is 14.5. The topological polar surface area (TPSA) is 29.5 Å². The molecule has 0 aliphatic rings. The van der Waals surface area contributed by atoms with Crippen molar-refractivity contribution in [2.24, 2.45) is 0 Å². The van der Waals surface area contributed by atoms with Gasteiger partial charge in [-0.2, -0.15) is 0 Å². The standard InChI is InChI=1S/C16H25NO2/c1-6-13-8-10-14(11-9-13)12-17(5)16(3,4)15(18)19-7-2/h8-11H,6-7,12H2,1-5H3. The highest BCUT2D eigenvalue weighted by atomic mass is 16.5. The lowest BCUT2D eigenvalue weighted by molar-refractivity contribution is -0.155. The molecule has 1 rings (SSSR count). The Balaban J connectivity index is 2.71. The van der Waals surface area contributed by atoms with Gasteiger partial charge < -0.3 is 4.74 Å². The summed E-state index contributed by atoms with van der Waals surface area (Å²) in [4.78, 5) is 14.0. The lowest BCUT2D eigenvalue weighted by Crippen LogP contribution is -2.48. The molecule has 0 spiro atoms. The van der Waals surface area contributed by atoms with Crippen LogP contribution in [0.4, 0.5) is 0 Å². The fourth-order valence-electron chi connectivity index (χ4n) is 1.82. The maximum absolute atomic E-state index is 11.9. The number of esters is 1. The summed E-state index contributed by atoms with van der Waals surface area (Å²) in [6.45, 7) is 8.91. The number of hydrogen-bond donors (Lipinski definition) is 0. The first-order valence-corrected chi connectivity index (χ1v) is 6.88. The minimum atomic E-state index is -0.612. The molecular weight excluding hydrogens is 238 g/mol. The van der Waals surface area contributed by atoms with Crippen molar-refractivity contribution >= 4 is 5.97 Å². The molecule has 0 fully saturated rings. The molecule has 0 aliphatic heterocycles. The third-order valence-electron chi connectivity index (χ3n) is 3.58. The average molecular weight is 263 g/mol. The third kappa shape index (κ3) is 4.06. The number of carbonyl (C=O) groups excluding carboxylic acids is 1. The van der Waals surface area contributed by atoms with Crippen molar-refractivity contribution in [3.8, 4) is 0 Å². The van der Waals surface area contributed by atoms with Gasteiger partial charge >= 0.3 is 5.97 Å². The van der Waals surface area contributed by atoms with Gasteiger partial charge in [-0.25, -0.2) is 0 Å². The molecular formula is C16H25NO2. The number of likely N-dealkylation sites (N-methyl/N-ethyl adjacent to an activating group) is 1. The molecule has 0 amide bonds. The van der Waals surface area contributed by atoms with Crippen LogP contribution in [0, 0.1) is 0 Å². The molecule has 1 aromatic rings. The van der Waals surface area contributed by atoms with E-state index >= 15 is 0 Å². The van der Waals surface area contributed by atoms with Crippen molar-refractivity contribution < 1.29 is 9.53 Å². The molecule has 106 valence electrons. The Hall–Kier alpha value is -1.35. The van der Waals surface area contributed by atoms with Crippen LogP contribution in [0.2, 0.25) is 0 Å². The summed E-state index contributed by atoms with van der Waals surface area (Å²) >= 11 is 0. The number of rotatable bonds is 6. The maximum atomic E-state index is 11.9. The lowest BCUT2D eigenvalue weighted by Gasteiger charge is -2.33. The Morgan fingerprint density at radius 1 is 1.16 bits per heavy atom. The van der Waals surface area contributed by atoms with Gasteiger partial charge in [0.05, 0.1) is 6.61 Å². The SMILES string of the molecule is CCOC(=O)C(C)(C)N(C)Cc1ccc(CC)cc1. The Morgan fingerprint density at radius 3 is 2.16 bits per heavy atom. The highest BCUT2D eigenvalue weighted by Crippen LogP contribution is 2.18. The van der Waals surface area contributed by atoms with E-state index in [1.54, 1.807) is 0 Å². The molecule has 0 radical (unpaired) electrons. The van der Waals surface area contributed by atoms with Gasteiger partial charge in [0, 0.05) is 6.54 Å². The van der Waals surface area contributed by atoms with Gasteiger partial charge in [0.25, 0.3) is 0 Å². The fraction of sp³-hybridized carbons (Fsp3) is 0.562. The van der Waals surface area contributed by atoms with E-state index in [0.29, 0.717) is 6.61 Å². The number of benzene rings is 1. The predicted octanol–water partition coefficient (Wildman–Crippen LogP) is 3.02. The smallest absolute Gasteiger partial charge is 0.325 e. The van der Waals surface area contributed by atoms with E-state index in [4.69, 9.17) is 4.74 Å². The molecule has 3 heteroatoms. The van der Waals surface area contributed by atoms with Crippen LogP contribution >= 0.6 is 0 Å². The number of carbonyl (C=O) groups is 1. The van der Waals surface area contributed by atoms with Gasteiger partial charge in [0.1, 0.15) is 5.54 Å². The summed E-state index contributed by atoms with van der Waals surface area (Å²) in [6, 6.07) is 8.52. The normalized spacial score (nSPS) is 11.7. The number of hydrogen-bond acceptors (Lipinski definition) is 3. The quantitative estimate of drug-likeness (QED) is 0.739. The van der Waals surface area contributed by atoms with E-state index in [1.165, 1.54) is 11.1 Å². The van der Waals surface area contributed by atoms with Crippen molar-refractivity contribution in [2.75, 3.05) is 13.7 Å². The molecule has 0 heterocycles. The van der Waals surface area contributed by atoms with Gasteiger partial charge in [-0.05, 0) is 45.4 Å². The van der Waals surface area contributed by atoms with Crippen molar-refractivity contribution in [3.05, 3.63) is 35.4 Å². The molecule has 0 aliphatic carbocycles. The van der Waals surface area contributed by atoms with Crippen LogP contribution in [-0.2, 0) is 22.5 Å². The molecule has 0 saturated carbocycles. The molecule has 0 N–H and O–H groups in total. The van der Waals surface area contributed by atoms with Gasteiger partial charge in [0.2, 0.25) is 0 Å². The van der Waals surface area contributed by atoms with E-state index in [0.717, 1.165) is 13.0 Å². The second-order valence-corrected chi connectivity index (χ2v) is 5.31. The van der Waals surface area contributed by atoms with Crippen molar-refractivity contribution in [2.45, 2.75) is 46.2 Å². The second kappa shape index (κ2) is 6.71. The molecule has 3 nitrogen and oxygen atoms in total. The largest absolute Gasteiger partial charge is 0.465 e. The monoisotopic (exact) mass is 263 g/mol. The van der Waals surface area contributed by atoms with E-state index in [9.17, 15) is 4.79 Å². The summed E-state index contributed by atoms with van der Waals surface area (Å²) in [5, 5.41) is 0. The molecule has 0 bridgehead atoms. The molecule has 0 saturated heterocycles.